The molecule has 0 N–H and O–H groups in total. The molecule has 1 aromatic heterocycles. The molecule has 8 nitrogen and oxygen atoms in total. The summed E-state index contributed by atoms with van der Waals surface area (Å²) in [5.41, 5.74) is -1.88. The average Bonchev–Trinajstić information content (AvgIpc) is 2.76. The zero-order chi connectivity index (χ0) is 25.7. The Labute approximate surface area is 209 Å². The Kier molecular flexibility index (Phi) is 6.93. The number of rotatable bonds is 3. The summed E-state index contributed by atoms with van der Waals surface area (Å²) in [6.45, 7) is 6.61. The first kappa shape index (κ1) is 25.9. The van der Waals surface area contributed by atoms with Gasteiger partial charge in [-0.1, -0.05) is 11.6 Å². The predicted octanol–water partition coefficient (Wildman–Crippen LogP) is 4.42. The summed E-state index contributed by atoms with van der Waals surface area (Å²) in [5, 5.41) is -0.235. The van der Waals surface area contributed by atoms with Gasteiger partial charge in [-0.3, -0.25) is 4.57 Å². The maximum absolute atomic E-state index is 13.9. The summed E-state index contributed by atoms with van der Waals surface area (Å²) >= 11 is 7.39. The normalized spacial score (nSPS) is 18.8. The number of aromatic nitrogens is 2. The third kappa shape index (κ3) is 5.05. The van der Waals surface area contributed by atoms with Gasteiger partial charge in [-0.15, -0.1) is 11.8 Å². The highest BCUT2D eigenvalue weighted by Gasteiger charge is 2.39. The number of piperazine rings is 1. The van der Waals surface area contributed by atoms with E-state index in [9.17, 15) is 22.8 Å². The molecule has 1 fully saturated rings. The number of carbonyl (C=O) groups is 1. The molecular formula is C22H26ClF3N4O4S. The molecular weight excluding hydrogens is 509 g/mol. The Morgan fingerprint density at radius 1 is 1.23 bits per heavy atom. The number of nitrogens with zero attached hydrogens (tertiary/aromatic N) is 4. The number of halogens is 4. The topological polar surface area (TPSA) is 76.9 Å². The number of hydrogen-bond acceptors (Lipinski definition) is 7. The summed E-state index contributed by atoms with van der Waals surface area (Å²) in [6.07, 6.45) is -5.15. The van der Waals surface area contributed by atoms with Crippen LogP contribution in [0.2, 0.25) is 5.02 Å². The van der Waals surface area contributed by atoms with Gasteiger partial charge in [0.1, 0.15) is 11.4 Å². The average molecular weight is 535 g/mol. The van der Waals surface area contributed by atoms with Gasteiger partial charge in [0.15, 0.2) is 0 Å². The molecule has 0 aliphatic carbocycles. The fourth-order valence-electron chi connectivity index (χ4n) is 4.25. The van der Waals surface area contributed by atoms with E-state index in [0.717, 1.165) is 6.07 Å². The first-order valence-electron chi connectivity index (χ1n) is 11.0. The third-order valence-electron chi connectivity index (χ3n) is 5.76. The van der Waals surface area contributed by atoms with E-state index >= 15 is 0 Å². The zero-order valence-electron chi connectivity index (χ0n) is 19.7. The van der Waals surface area contributed by atoms with Gasteiger partial charge in [0, 0.05) is 44.4 Å². The van der Waals surface area contributed by atoms with Crippen molar-refractivity contribution >= 4 is 46.2 Å². The van der Waals surface area contributed by atoms with Gasteiger partial charge >= 0.3 is 18.0 Å². The first-order chi connectivity index (χ1) is 16.3. The molecule has 0 spiro atoms. The van der Waals surface area contributed by atoms with E-state index in [-0.39, 0.29) is 48.9 Å². The maximum Gasteiger partial charge on any atom is 0.417 e. The van der Waals surface area contributed by atoms with Gasteiger partial charge in [-0.25, -0.2) is 9.59 Å². The lowest BCUT2D eigenvalue weighted by Crippen LogP contribution is -2.50. The molecule has 1 atom stereocenters. The smallest absolute Gasteiger partial charge is 0.417 e. The monoisotopic (exact) mass is 534 g/mol. The number of carbonyl (C=O) groups excluding carboxylic acids is 1. The molecule has 3 heterocycles. The molecule has 1 aromatic carbocycles. The van der Waals surface area contributed by atoms with Gasteiger partial charge in [0.2, 0.25) is 0 Å². The lowest BCUT2D eigenvalue weighted by molar-refractivity contribution is -0.137. The van der Waals surface area contributed by atoms with Crippen LogP contribution in [0.4, 0.5) is 23.8 Å². The number of methoxy groups -OCH3 is 1. The zero-order valence-corrected chi connectivity index (χ0v) is 21.3. The summed E-state index contributed by atoms with van der Waals surface area (Å²) in [4.78, 5) is 33.2. The second-order valence-corrected chi connectivity index (χ2v) is 10.8. The van der Waals surface area contributed by atoms with E-state index in [0.29, 0.717) is 11.3 Å². The largest absolute Gasteiger partial charge is 0.444 e. The maximum atomic E-state index is 13.9. The van der Waals surface area contributed by atoms with Crippen LogP contribution in [0, 0.1) is 0 Å². The van der Waals surface area contributed by atoms with Crippen LogP contribution in [0.3, 0.4) is 0 Å². The van der Waals surface area contributed by atoms with E-state index in [1.165, 1.54) is 28.3 Å². The van der Waals surface area contributed by atoms with Gasteiger partial charge < -0.3 is 19.3 Å². The first-order valence-corrected chi connectivity index (χ1v) is 12.4. The number of amides is 1. The highest BCUT2D eigenvalue weighted by atomic mass is 35.5. The van der Waals surface area contributed by atoms with E-state index in [2.05, 4.69) is 4.98 Å². The fourth-order valence-corrected chi connectivity index (χ4v) is 5.85. The number of hydrogen-bond donors (Lipinski definition) is 0. The Morgan fingerprint density at radius 2 is 1.89 bits per heavy atom. The second-order valence-electron chi connectivity index (χ2n) is 9.42. The summed E-state index contributed by atoms with van der Waals surface area (Å²) in [5.74, 6) is 0.471. The molecule has 0 radical (unpaired) electrons. The van der Waals surface area contributed by atoms with Crippen molar-refractivity contribution in [2.45, 2.75) is 43.5 Å². The van der Waals surface area contributed by atoms with E-state index in [4.69, 9.17) is 21.1 Å². The van der Waals surface area contributed by atoms with Crippen LogP contribution >= 0.6 is 23.4 Å². The molecule has 0 unspecified atom stereocenters. The molecule has 2 aliphatic rings. The van der Waals surface area contributed by atoms with Crippen molar-refractivity contribution in [2.75, 3.05) is 50.5 Å². The Morgan fingerprint density at radius 3 is 2.46 bits per heavy atom. The van der Waals surface area contributed by atoms with Gasteiger partial charge in [0.05, 0.1) is 33.6 Å². The van der Waals surface area contributed by atoms with Crippen LogP contribution in [0.1, 0.15) is 32.4 Å². The SMILES string of the molecule is COC[C@H]1CSc2c(Cl)c(C(F)(F)F)cc3c(N4CCN(C(=O)OC(C)(C)C)CC4)nc(=O)n1c23. The van der Waals surface area contributed by atoms with Crippen molar-refractivity contribution in [1.82, 2.24) is 14.5 Å². The number of benzene rings is 1. The Bertz CT molecular complexity index is 1210. The minimum Gasteiger partial charge on any atom is -0.444 e. The van der Waals surface area contributed by atoms with Gasteiger partial charge in [-0.05, 0) is 26.8 Å². The number of ether oxygens (including phenoxy) is 2. The van der Waals surface area contributed by atoms with E-state index in [1.54, 1.807) is 25.7 Å². The van der Waals surface area contributed by atoms with Crippen molar-refractivity contribution in [1.29, 1.82) is 0 Å². The van der Waals surface area contributed by atoms with Crippen molar-refractivity contribution in [3.63, 3.8) is 0 Å². The summed E-state index contributed by atoms with van der Waals surface area (Å²) < 4.78 is 53.6. The molecule has 4 rings (SSSR count). The van der Waals surface area contributed by atoms with Crippen LogP contribution < -0.4 is 10.6 Å². The lowest BCUT2D eigenvalue weighted by atomic mass is 10.1. The third-order valence-corrected chi connectivity index (χ3v) is 7.51. The van der Waals surface area contributed by atoms with Gasteiger partial charge in [-0.2, -0.15) is 18.2 Å². The van der Waals surface area contributed by atoms with Crippen molar-refractivity contribution in [3.8, 4) is 0 Å². The predicted molar refractivity (Wildman–Crippen MR) is 128 cm³/mol. The molecule has 1 saturated heterocycles. The van der Waals surface area contributed by atoms with Crippen LogP contribution in [0.25, 0.3) is 10.9 Å². The summed E-state index contributed by atoms with van der Waals surface area (Å²) in [6, 6.07) is 0.570. The molecule has 192 valence electrons. The van der Waals surface area contributed by atoms with E-state index in [1.807, 2.05) is 0 Å². The molecule has 2 aliphatic heterocycles. The van der Waals surface area contributed by atoms with Crippen LogP contribution in [0.5, 0.6) is 0 Å². The van der Waals surface area contributed by atoms with E-state index < -0.39 is 40.2 Å². The number of thioether (sulfide) groups is 1. The standard InChI is InChI=1S/C22H26ClF3N4O4S/c1-21(2,3)34-20(32)29-7-5-28(6-8-29)18-13-9-14(22(24,25)26)15(23)17-16(13)30(19(31)27-18)12(10-33-4)11-35-17/h9,12H,5-8,10-11H2,1-4H3/t12-/m0/s1. The van der Waals surface area contributed by atoms with Crippen LogP contribution in [0.15, 0.2) is 15.8 Å². The second kappa shape index (κ2) is 9.36. The minimum atomic E-state index is -4.68. The highest BCUT2D eigenvalue weighted by molar-refractivity contribution is 7.99. The fraction of sp³-hybridized carbons (Fsp3) is 0.591. The Balaban J connectivity index is 1.79. The Hall–Kier alpha value is -2.18. The molecule has 35 heavy (non-hydrogen) atoms. The van der Waals surface area contributed by atoms with Crippen LogP contribution in [-0.2, 0) is 15.7 Å². The van der Waals surface area contributed by atoms with Crippen molar-refractivity contribution in [3.05, 3.63) is 27.1 Å². The minimum absolute atomic E-state index is 0.146. The molecule has 1 amide bonds. The van der Waals surface area contributed by atoms with Crippen molar-refractivity contribution in [2.24, 2.45) is 0 Å². The van der Waals surface area contributed by atoms with Gasteiger partial charge in [0.25, 0.3) is 0 Å². The molecule has 2 aromatic rings. The molecule has 13 heteroatoms. The van der Waals surface area contributed by atoms with Crippen molar-refractivity contribution < 1.29 is 27.4 Å². The molecule has 0 bridgehead atoms. The summed E-state index contributed by atoms with van der Waals surface area (Å²) in [7, 11) is 1.49. The van der Waals surface area contributed by atoms with Crippen LogP contribution in [-0.4, -0.2) is 71.8 Å². The highest BCUT2D eigenvalue weighted by Crippen LogP contribution is 2.48. The quantitative estimate of drug-likeness (QED) is 0.577. The molecule has 0 saturated carbocycles. The number of alkyl halides is 3. The number of anilines is 1. The lowest BCUT2D eigenvalue weighted by Gasteiger charge is -2.37.